The van der Waals surface area contributed by atoms with Gasteiger partial charge in [-0.2, -0.15) is 0 Å². The Morgan fingerprint density at radius 3 is 2.20 bits per heavy atom. The average molecular weight is 346 g/mol. The Morgan fingerprint density at radius 1 is 0.960 bits per heavy atom. The number of carbonyl (C=O) groups is 1. The van der Waals surface area contributed by atoms with Crippen molar-refractivity contribution in [3.8, 4) is 0 Å². The van der Waals surface area contributed by atoms with Gasteiger partial charge < -0.3 is 10.3 Å². The van der Waals surface area contributed by atoms with E-state index in [0.29, 0.717) is 6.04 Å². The quantitative estimate of drug-likeness (QED) is 0.822. The summed E-state index contributed by atoms with van der Waals surface area (Å²) in [7, 11) is 0. The number of fused-ring (bicyclic) bond motifs is 1. The van der Waals surface area contributed by atoms with Crippen LogP contribution in [0.2, 0.25) is 0 Å². The molecule has 25 heavy (non-hydrogen) atoms. The Labute approximate surface area is 152 Å². The second kappa shape index (κ2) is 9.40. The monoisotopic (exact) mass is 345 g/mol. The Bertz CT molecular complexity index is 539. The van der Waals surface area contributed by atoms with E-state index in [9.17, 15) is 4.79 Å². The Balaban J connectivity index is 1.51. The SMILES string of the molecule is Cc1nc2c([nH]1)CC(C(=O)NC1CCCCCCCCCCC1)CC2. The van der Waals surface area contributed by atoms with Crippen LogP contribution < -0.4 is 5.32 Å². The molecule has 0 radical (unpaired) electrons. The number of imidazole rings is 1. The molecule has 1 heterocycles. The van der Waals surface area contributed by atoms with Gasteiger partial charge in [-0.3, -0.25) is 4.79 Å². The number of hydrogen-bond acceptors (Lipinski definition) is 2. The second-order valence-corrected chi connectivity index (χ2v) is 8.15. The topological polar surface area (TPSA) is 57.8 Å². The van der Waals surface area contributed by atoms with Crippen LogP contribution in [0.15, 0.2) is 0 Å². The van der Waals surface area contributed by atoms with Gasteiger partial charge in [0.05, 0.1) is 5.69 Å². The molecule has 3 rings (SSSR count). The fourth-order valence-corrected chi connectivity index (χ4v) is 4.47. The number of amides is 1. The smallest absolute Gasteiger partial charge is 0.223 e. The van der Waals surface area contributed by atoms with Gasteiger partial charge in [0.2, 0.25) is 5.91 Å². The minimum absolute atomic E-state index is 0.119. The first-order valence-electron chi connectivity index (χ1n) is 10.6. The zero-order valence-electron chi connectivity index (χ0n) is 15.9. The molecular formula is C21H35N3O. The molecule has 4 heteroatoms. The summed E-state index contributed by atoms with van der Waals surface area (Å²) in [5.74, 6) is 1.37. The van der Waals surface area contributed by atoms with Crippen molar-refractivity contribution in [2.24, 2.45) is 5.92 Å². The van der Waals surface area contributed by atoms with Gasteiger partial charge in [-0.05, 0) is 32.6 Å². The van der Waals surface area contributed by atoms with Gasteiger partial charge >= 0.3 is 0 Å². The summed E-state index contributed by atoms with van der Waals surface area (Å²) in [5, 5.41) is 3.40. The number of aromatic nitrogens is 2. The maximum atomic E-state index is 12.8. The second-order valence-electron chi connectivity index (χ2n) is 8.15. The van der Waals surface area contributed by atoms with Crippen LogP contribution in [-0.2, 0) is 17.6 Å². The molecule has 1 unspecified atom stereocenters. The fourth-order valence-electron chi connectivity index (χ4n) is 4.47. The third-order valence-corrected chi connectivity index (χ3v) is 5.99. The summed E-state index contributed by atoms with van der Waals surface area (Å²) in [5.41, 5.74) is 2.36. The van der Waals surface area contributed by atoms with E-state index in [0.717, 1.165) is 37.9 Å². The van der Waals surface area contributed by atoms with E-state index in [4.69, 9.17) is 0 Å². The Hall–Kier alpha value is -1.32. The van der Waals surface area contributed by atoms with Crippen LogP contribution in [-0.4, -0.2) is 21.9 Å². The van der Waals surface area contributed by atoms with E-state index in [2.05, 4.69) is 15.3 Å². The lowest BCUT2D eigenvalue weighted by atomic mass is 9.88. The molecule has 1 aromatic heterocycles. The maximum Gasteiger partial charge on any atom is 0.223 e. The molecule has 2 N–H and O–H groups in total. The summed E-state index contributed by atoms with van der Waals surface area (Å²) in [6, 6.07) is 0.386. The normalized spacial score (nSPS) is 24.0. The average Bonchev–Trinajstić information content (AvgIpc) is 2.96. The molecule has 1 fully saturated rings. The summed E-state index contributed by atoms with van der Waals surface area (Å²) in [6.07, 6.45) is 17.1. The van der Waals surface area contributed by atoms with Crippen LogP contribution >= 0.6 is 0 Å². The molecule has 1 saturated carbocycles. The first-order valence-corrected chi connectivity index (χ1v) is 10.6. The minimum atomic E-state index is 0.119. The summed E-state index contributed by atoms with van der Waals surface area (Å²) >= 11 is 0. The highest BCUT2D eigenvalue weighted by Gasteiger charge is 2.28. The Kier molecular flexibility index (Phi) is 6.94. The van der Waals surface area contributed by atoms with Crippen molar-refractivity contribution in [1.82, 2.24) is 15.3 Å². The summed E-state index contributed by atoms with van der Waals surface area (Å²) < 4.78 is 0. The van der Waals surface area contributed by atoms with Gasteiger partial charge in [0.25, 0.3) is 0 Å². The van der Waals surface area contributed by atoms with Crippen molar-refractivity contribution in [2.45, 2.75) is 103 Å². The van der Waals surface area contributed by atoms with Crippen molar-refractivity contribution in [2.75, 3.05) is 0 Å². The van der Waals surface area contributed by atoms with E-state index in [-0.39, 0.29) is 11.8 Å². The van der Waals surface area contributed by atoms with Crippen LogP contribution in [0.25, 0.3) is 0 Å². The molecule has 2 aliphatic rings. The highest BCUT2D eigenvalue weighted by Crippen LogP contribution is 2.25. The van der Waals surface area contributed by atoms with Gasteiger partial charge in [-0.15, -0.1) is 0 Å². The van der Waals surface area contributed by atoms with Crippen molar-refractivity contribution >= 4 is 5.91 Å². The van der Waals surface area contributed by atoms with Crippen LogP contribution in [0.4, 0.5) is 0 Å². The highest BCUT2D eigenvalue weighted by atomic mass is 16.1. The third kappa shape index (κ3) is 5.58. The third-order valence-electron chi connectivity index (χ3n) is 5.99. The summed E-state index contributed by atoms with van der Waals surface area (Å²) in [4.78, 5) is 20.7. The summed E-state index contributed by atoms with van der Waals surface area (Å²) in [6.45, 7) is 2.00. The number of hydrogen-bond donors (Lipinski definition) is 2. The zero-order valence-corrected chi connectivity index (χ0v) is 15.9. The standard InChI is InChI=1S/C21H35N3O/c1-16-22-19-14-13-17(15-20(19)23-16)21(25)24-18-11-9-7-5-3-2-4-6-8-10-12-18/h17-18H,2-15H2,1H3,(H,22,23)(H,24,25). The molecule has 1 aromatic rings. The molecule has 0 spiro atoms. The van der Waals surface area contributed by atoms with Gasteiger partial charge in [0.1, 0.15) is 5.82 Å². The van der Waals surface area contributed by atoms with E-state index in [1.54, 1.807) is 0 Å². The molecule has 1 amide bonds. The van der Waals surface area contributed by atoms with Crippen molar-refractivity contribution in [3.63, 3.8) is 0 Å². The zero-order chi connectivity index (χ0) is 17.5. The van der Waals surface area contributed by atoms with E-state index >= 15 is 0 Å². The van der Waals surface area contributed by atoms with Crippen molar-refractivity contribution in [3.05, 3.63) is 17.2 Å². The lowest BCUT2D eigenvalue weighted by Crippen LogP contribution is -2.40. The van der Waals surface area contributed by atoms with Crippen molar-refractivity contribution < 1.29 is 4.79 Å². The predicted molar refractivity (Wildman–Crippen MR) is 102 cm³/mol. The first kappa shape index (κ1) is 18.5. The fraction of sp³-hybridized carbons (Fsp3) is 0.810. The predicted octanol–water partition coefficient (Wildman–Crippen LogP) is 4.61. The number of H-pyrrole nitrogens is 1. The molecule has 0 aliphatic heterocycles. The highest BCUT2D eigenvalue weighted by molar-refractivity contribution is 5.79. The van der Waals surface area contributed by atoms with Crippen LogP contribution in [0, 0.1) is 12.8 Å². The molecular weight excluding hydrogens is 310 g/mol. The number of nitrogens with zero attached hydrogens (tertiary/aromatic N) is 1. The lowest BCUT2D eigenvalue weighted by Gasteiger charge is -2.25. The van der Waals surface area contributed by atoms with Crippen molar-refractivity contribution in [1.29, 1.82) is 0 Å². The first-order chi connectivity index (χ1) is 12.2. The number of aryl methyl sites for hydroxylation is 2. The number of rotatable bonds is 2. The van der Waals surface area contributed by atoms with Gasteiger partial charge in [0, 0.05) is 24.1 Å². The van der Waals surface area contributed by atoms with E-state index < -0.39 is 0 Å². The lowest BCUT2D eigenvalue weighted by molar-refractivity contribution is -0.126. The maximum absolute atomic E-state index is 12.8. The van der Waals surface area contributed by atoms with Gasteiger partial charge in [-0.25, -0.2) is 4.98 Å². The number of nitrogens with one attached hydrogen (secondary N) is 2. The molecule has 140 valence electrons. The molecule has 0 aromatic carbocycles. The molecule has 0 saturated heterocycles. The molecule has 2 aliphatic carbocycles. The molecule has 4 nitrogen and oxygen atoms in total. The minimum Gasteiger partial charge on any atom is -0.353 e. The molecule has 1 atom stereocenters. The number of carbonyl (C=O) groups excluding carboxylic acids is 1. The molecule has 0 bridgehead atoms. The van der Waals surface area contributed by atoms with E-state index in [1.165, 1.54) is 69.2 Å². The van der Waals surface area contributed by atoms with Crippen LogP contribution in [0.5, 0.6) is 0 Å². The van der Waals surface area contributed by atoms with Gasteiger partial charge in [-0.1, -0.05) is 57.8 Å². The van der Waals surface area contributed by atoms with E-state index in [1.807, 2.05) is 6.92 Å². The van der Waals surface area contributed by atoms with Crippen LogP contribution in [0.3, 0.4) is 0 Å². The number of aromatic amines is 1. The van der Waals surface area contributed by atoms with Gasteiger partial charge in [0.15, 0.2) is 0 Å². The van der Waals surface area contributed by atoms with Crippen LogP contribution in [0.1, 0.15) is 94.3 Å². The Morgan fingerprint density at radius 2 is 1.56 bits per heavy atom. The largest absolute Gasteiger partial charge is 0.353 e.